The van der Waals surface area contributed by atoms with Crippen molar-refractivity contribution in [3.63, 3.8) is 0 Å². The number of hydrogen-bond donors (Lipinski definition) is 0. The number of methoxy groups -OCH3 is 2. The molecule has 2 rings (SSSR count). The van der Waals surface area contributed by atoms with Crippen LogP contribution in [0.3, 0.4) is 0 Å². The van der Waals surface area contributed by atoms with E-state index in [0.717, 1.165) is 35.3 Å². The van der Waals surface area contributed by atoms with E-state index in [1.165, 1.54) is 0 Å². The molecule has 0 heterocycles. The van der Waals surface area contributed by atoms with Gasteiger partial charge in [0.1, 0.15) is 11.9 Å². The molecule has 0 N–H and O–H groups in total. The molecule has 3 nitrogen and oxygen atoms in total. The Labute approximate surface area is 108 Å². The standard InChI is InChI=1S/C15H20O3/c1-9-8-13(17-3)10(2)7-12(9)14(16)15(18-4)11-5-6-11/h7-8,11,15H,5-6H2,1-4H3. The maximum absolute atomic E-state index is 12.5. The number of carbonyl (C=O) groups is 1. The van der Waals surface area contributed by atoms with Crippen LogP contribution in [0.1, 0.15) is 34.3 Å². The molecule has 0 aliphatic heterocycles. The second-order valence-corrected chi connectivity index (χ2v) is 4.99. The Morgan fingerprint density at radius 3 is 2.39 bits per heavy atom. The fourth-order valence-corrected chi connectivity index (χ4v) is 2.34. The average Bonchev–Trinajstić information content (AvgIpc) is 3.16. The van der Waals surface area contributed by atoms with Crippen molar-refractivity contribution in [2.75, 3.05) is 14.2 Å². The van der Waals surface area contributed by atoms with Gasteiger partial charge in [0.15, 0.2) is 5.78 Å². The molecule has 1 fully saturated rings. The summed E-state index contributed by atoms with van der Waals surface area (Å²) in [7, 11) is 3.26. The van der Waals surface area contributed by atoms with Gasteiger partial charge in [0.05, 0.1) is 7.11 Å². The minimum absolute atomic E-state index is 0.100. The molecule has 0 spiro atoms. The first-order valence-corrected chi connectivity index (χ1v) is 6.30. The van der Waals surface area contributed by atoms with Crippen LogP contribution < -0.4 is 4.74 Å². The molecule has 0 radical (unpaired) electrons. The zero-order chi connectivity index (χ0) is 13.3. The quantitative estimate of drug-likeness (QED) is 0.752. The second kappa shape index (κ2) is 5.11. The van der Waals surface area contributed by atoms with Crippen molar-refractivity contribution in [2.45, 2.75) is 32.8 Å². The summed E-state index contributed by atoms with van der Waals surface area (Å²) in [6.45, 7) is 3.89. The van der Waals surface area contributed by atoms with Crippen molar-refractivity contribution in [3.8, 4) is 5.75 Å². The lowest BCUT2D eigenvalue weighted by atomic mass is 9.96. The van der Waals surface area contributed by atoms with Crippen LogP contribution in [-0.2, 0) is 4.74 Å². The highest BCUT2D eigenvalue weighted by Gasteiger charge is 2.37. The predicted molar refractivity (Wildman–Crippen MR) is 70.3 cm³/mol. The smallest absolute Gasteiger partial charge is 0.192 e. The van der Waals surface area contributed by atoms with Gasteiger partial charge in [0.25, 0.3) is 0 Å². The molecule has 1 saturated carbocycles. The lowest BCUT2D eigenvalue weighted by molar-refractivity contribution is 0.0539. The summed E-state index contributed by atoms with van der Waals surface area (Å²) in [5.74, 6) is 1.33. The number of Topliss-reactive ketones (excluding diaryl/α,β-unsaturated/α-hetero) is 1. The summed E-state index contributed by atoms with van der Waals surface area (Å²) >= 11 is 0. The van der Waals surface area contributed by atoms with Crippen LogP contribution in [0.5, 0.6) is 5.75 Å². The molecule has 1 aliphatic carbocycles. The Hall–Kier alpha value is -1.35. The van der Waals surface area contributed by atoms with Gasteiger partial charge in [-0.15, -0.1) is 0 Å². The minimum atomic E-state index is -0.281. The van der Waals surface area contributed by atoms with Crippen molar-refractivity contribution in [3.05, 3.63) is 28.8 Å². The zero-order valence-corrected chi connectivity index (χ0v) is 11.4. The van der Waals surface area contributed by atoms with E-state index in [0.29, 0.717) is 5.92 Å². The van der Waals surface area contributed by atoms with E-state index in [1.807, 2.05) is 26.0 Å². The van der Waals surface area contributed by atoms with Gasteiger partial charge in [0.2, 0.25) is 0 Å². The van der Waals surface area contributed by atoms with Crippen molar-refractivity contribution in [2.24, 2.45) is 5.92 Å². The highest BCUT2D eigenvalue weighted by Crippen LogP contribution is 2.36. The number of aryl methyl sites for hydroxylation is 2. The largest absolute Gasteiger partial charge is 0.496 e. The minimum Gasteiger partial charge on any atom is -0.496 e. The topological polar surface area (TPSA) is 35.5 Å². The SMILES string of the molecule is COc1cc(C)c(C(=O)C(OC)C2CC2)cc1C. The summed E-state index contributed by atoms with van der Waals surface area (Å²) in [5, 5.41) is 0. The first-order chi connectivity index (χ1) is 8.58. The van der Waals surface area contributed by atoms with Crippen molar-refractivity contribution >= 4 is 5.78 Å². The molecule has 98 valence electrons. The monoisotopic (exact) mass is 248 g/mol. The Morgan fingerprint density at radius 2 is 1.89 bits per heavy atom. The molecule has 1 aliphatic rings. The van der Waals surface area contributed by atoms with Crippen LogP contribution in [0.15, 0.2) is 12.1 Å². The van der Waals surface area contributed by atoms with E-state index in [4.69, 9.17) is 9.47 Å². The molecule has 18 heavy (non-hydrogen) atoms. The normalized spacial score (nSPS) is 16.4. The van der Waals surface area contributed by atoms with E-state index in [1.54, 1.807) is 14.2 Å². The highest BCUT2D eigenvalue weighted by atomic mass is 16.5. The number of rotatable bonds is 5. The zero-order valence-electron chi connectivity index (χ0n) is 11.4. The summed E-state index contributed by atoms with van der Waals surface area (Å²) in [5.41, 5.74) is 2.69. The average molecular weight is 248 g/mol. The predicted octanol–water partition coefficient (Wildman–Crippen LogP) is 2.92. The van der Waals surface area contributed by atoms with E-state index in [-0.39, 0.29) is 11.9 Å². The molecular formula is C15H20O3. The highest BCUT2D eigenvalue weighted by molar-refractivity contribution is 6.01. The first kappa shape index (κ1) is 13.1. The summed E-state index contributed by atoms with van der Waals surface area (Å²) in [6, 6.07) is 3.83. The van der Waals surface area contributed by atoms with E-state index < -0.39 is 0 Å². The molecule has 1 aromatic carbocycles. The molecular weight excluding hydrogens is 228 g/mol. The van der Waals surface area contributed by atoms with Crippen molar-refractivity contribution in [1.29, 1.82) is 0 Å². The Morgan fingerprint density at radius 1 is 1.22 bits per heavy atom. The molecule has 1 unspecified atom stereocenters. The number of ether oxygens (including phenoxy) is 2. The Balaban J connectivity index is 2.32. The van der Waals surface area contributed by atoms with Crippen LogP contribution in [0, 0.1) is 19.8 Å². The van der Waals surface area contributed by atoms with Gasteiger partial charge in [-0.3, -0.25) is 4.79 Å². The molecule has 1 aromatic rings. The number of hydrogen-bond acceptors (Lipinski definition) is 3. The third-order valence-electron chi connectivity index (χ3n) is 3.57. The summed E-state index contributed by atoms with van der Waals surface area (Å²) in [4.78, 5) is 12.5. The van der Waals surface area contributed by atoms with Gasteiger partial charge in [-0.25, -0.2) is 0 Å². The van der Waals surface area contributed by atoms with Gasteiger partial charge in [0, 0.05) is 12.7 Å². The molecule has 1 atom stereocenters. The fraction of sp³-hybridized carbons (Fsp3) is 0.533. The van der Waals surface area contributed by atoms with E-state index in [2.05, 4.69) is 0 Å². The Kier molecular flexibility index (Phi) is 3.71. The van der Waals surface area contributed by atoms with Crippen molar-refractivity contribution in [1.82, 2.24) is 0 Å². The van der Waals surface area contributed by atoms with Crippen LogP contribution in [0.2, 0.25) is 0 Å². The summed E-state index contributed by atoms with van der Waals surface area (Å²) < 4.78 is 10.6. The fourth-order valence-electron chi connectivity index (χ4n) is 2.34. The lowest BCUT2D eigenvalue weighted by Gasteiger charge is -2.16. The van der Waals surface area contributed by atoms with Crippen LogP contribution >= 0.6 is 0 Å². The van der Waals surface area contributed by atoms with Gasteiger partial charge in [-0.05, 0) is 55.9 Å². The third kappa shape index (κ3) is 2.41. The van der Waals surface area contributed by atoms with Gasteiger partial charge in [-0.2, -0.15) is 0 Å². The lowest BCUT2D eigenvalue weighted by Crippen LogP contribution is -2.26. The first-order valence-electron chi connectivity index (χ1n) is 6.30. The second-order valence-electron chi connectivity index (χ2n) is 4.99. The van der Waals surface area contributed by atoms with Crippen molar-refractivity contribution < 1.29 is 14.3 Å². The van der Waals surface area contributed by atoms with Crippen LogP contribution in [-0.4, -0.2) is 26.1 Å². The van der Waals surface area contributed by atoms with Gasteiger partial charge >= 0.3 is 0 Å². The van der Waals surface area contributed by atoms with Gasteiger partial charge < -0.3 is 9.47 Å². The molecule has 0 aromatic heterocycles. The molecule has 3 heteroatoms. The maximum Gasteiger partial charge on any atom is 0.192 e. The van der Waals surface area contributed by atoms with Crippen LogP contribution in [0.25, 0.3) is 0 Å². The van der Waals surface area contributed by atoms with E-state index in [9.17, 15) is 4.79 Å². The third-order valence-corrected chi connectivity index (χ3v) is 3.57. The van der Waals surface area contributed by atoms with Crippen LogP contribution in [0.4, 0.5) is 0 Å². The van der Waals surface area contributed by atoms with E-state index >= 15 is 0 Å². The number of ketones is 1. The maximum atomic E-state index is 12.5. The Bertz CT molecular complexity index is 461. The molecule has 0 saturated heterocycles. The number of benzene rings is 1. The molecule has 0 amide bonds. The molecule has 0 bridgehead atoms. The summed E-state index contributed by atoms with van der Waals surface area (Å²) in [6.07, 6.45) is 1.91. The number of carbonyl (C=O) groups excluding carboxylic acids is 1. The van der Waals surface area contributed by atoms with Gasteiger partial charge in [-0.1, -0.05) is 0 Å².